The number of hydrogen-bond donors (Lipinski definition) is 4. The zero-order valence-electron chi connectivity index (χ0n) is 13.9. The Morgan fingerprint density at radius 2 is 1.52 bits per heavy atom. The van der Waals surface area contributed by atoms with Gasteiger partial charge >= 0.3 is 6.80 Å². The van der Waals surface area contributed by atoms with E-state index in [0.717, 1.165) is 55.2 Å². The number of nitrogens with one attached hydrogen (secondary N) is 2. The van der Waals surface area contributed by atoms with E-state index in [0.29, 0.717) is 11.2 Å². The number of hydrogen-bond acceptors (Lipinski definition) is 4. The van der Waals surface area contributed by atoms with E-state index >= 15 is 0 Å². The predicted octanol–water partition coefficient (Wildman–Crippen LogP) is 2.60. The Morgan fingerprint density at radius 3 is 2.09 bits per heavy atom. The van der Waals surface area contributed by atoms with Crippen molar-refractivity contribution in [3.8, 4) is 0 Å². The molecular weight excluding hydrogens is 331 g/mol. The summed E-state index contributed by atoms with van der Waals surface area (Å²) in [5.41, 5.74) is 0.606. The maximum absolute atomic E-state index is 10.7. The number of rotatable bonds is 10. The minimum atomic E-state index is -3.88. The van der Waals surface area contributed by atoms with Crippen LogP contribution in [0.4, 0.5) is 0 Å². The van der Waals surface area contributed by atoms with Gasteiger partial charge in [0.25, 0.3) is 0 Å². The molecule has 4 N–H and O–H groups in total. The van der Waals surface area contributed by atoms with Crippen LogP contribution >= 0.6 is 18.2 Å². The Morgan fingerprint density at radius 1 is 0.957 bits per heavy atom. The van der Waals surface area contributed by atoms with E-state index < -0.39 is 6.80 Å². The van der Waals surface area contributed by atoms with E-state index in [1.165, 1.54) is 45.1 Å². The van der Waals surface area contributed by atoms with Gasteiger partial charge in [-0.05, 0) is 86.0 Å². The molecule has 4 rings (SSSR count). The van der Waals surface area contributed by atoms with E-state index in [9.17, 15) is 4.57 Å². The molecule has 4 bridgehead atoms. The van der Waals surface area contributed by atoms with Crippen LogP contribution in [0, 0.1) is 23.2 Å². The van der Waals surface area contributed by atoms with Gasteiger partial charge in [-0.15, -0.1) is 0 Å². The van der Waals surface area contributed by atoms with Gasteiger partial charge < -0.3 is 20.4 Å². The van der Waals surface area contributed by atoms with Crippen LogP contribution in [0.3, 0.4) is 0 Å². The molecule has 4 fully saturated rings. The van der Waals surface area contributed by atoms with Gasteiger partial charge in [-0.3, -0.25) is 0 Å². The van der Waals surface area contributed by atoms with Crippen molar-refractivity contribution in [3.63, 3.8) is 0 Å². The highest BCUT2D eigenvalue weighted by atomic mass is 32.7. The van der Waals surface area contributed by atoms with E-state index in [1.54, 1.807) is 0 Å². The minimum Gasteiger partial charge on any atom is -0.317 e. The zero-order valence-corrected chi connectivity index (χ0v) is 15.6. The van der Waals surface area contributed by atoms with Crippen molar-refractivity contribution in [2.24, 2.45) is 23.2 Å². The van der Waals surface area contributed by atoms with Gasteiger partial charge in [0.15, 0.2) is 0 Å². The van der Waals surface area contributed by atoms with Gasteiger partial charge in [0.2, 0.25) is 0 Å². The molecule has 0 unspecified atom stereocenters. The molecule has 0 aliphatic heterocycles. The van der Waals surface area contributed by atoms with Gasteiger partial charge in [0.05, 0.1) is 0 Å². The van der Waals surface area contributed by atoms with Crippen LogP contribution in [0.25, 0.3) is 0 Å². The lowest BCUT2D eigenvalue weighted by Crippen LogP contribution is -2.50. The average molecular weight is 362 g/mol. The van der Waals surface area contributed by atoms with Crippen molar-refractivity contribution in [3.05, 3.63) is 0 Å². The lowest BCUT2D eigenvalue weighted by molar-refractivity contribution is -0.0511. The molecule has 0 saturated heterocycles. The zero-order chi connectivity index (χ0) is 16.3. The summed E-state index contributed by atoms with van der Waals surface area (Å²) in [5.74, 6) is 3.57. The van der Waals surface area contributed by atoms with Gasteiger partial charge in [-0.2, -0.15) is 0 Å². The first kappa shape index (κ1) is 18.2. The molecule has 0 spiro atoms. The van der Waals surface area contributed by atoms with E-state index in [4.69, 9.17) is 9.79 Å². The molecule has 0 radical (unpaired) electrons. The second-order valence-electron chi connectivity index (χ2n) is 8.02. The Kier molecular flexibility index (Phi) is 6.14. The Hall–Kier alpha value is 0.420. The third kappa shape index (κ3) is 5.45. The maximum Gasteiger partial charge on any atom is 0.383 e. The van der Waals surface area contributed by atoms with E-state index in [-0.39, 0.29) is 0 Å². The topological polar surface area (TPSA) is 81.6 Å². The van der Waals surface area contributed by atoms with Crippen molar-refractivity contribution < 1.29 is 14.4 Å². The van der Waals surface area contributed by atoms with Crippen molar-refractivity contribution >= 4 is 18.2 Å². The fourth-order valence-corrected chi connectivity index (χ4v) is 7.15. The molecule has 4 aliphatic carbocycles. The molecule has 0 heterocycles. The van der Waals surface area contributed by atoms with Crippen molar-refractivity contribution in [1.29, 1.82) is 0 Å². The third-order valence-corrected chi connectivity index (χ3v) is 8.27. The highest BCUT2D eigenvalue weighted by Crippen LogP contribution is 2.59. The highest BCUT2D eigenvalue weighted by molar-refractivity contribution is 8.54. The Bertz CT molecular complexity index is 408. The Balaban J connectivity index is 1.23. The van der Waals surface area contributed by atoms with Crippen LogP contribution in [0.2, 0.25) is 0 Å². The smallest absolute Gasteiger partial charge is 0.317 e. The normalized spacial score (nSPS) is 35.8. The average Bonchev–Trinajstić information content (AvgIpc) is 2.42. The summed E-state index contributed by atoms with van der Waals surface area (Å²) in [6.45, 7) is 0.0594. The summed E-state index contributed by atoms with van der Waals surface area (Å²) in [4.78, 5) is 17.5. The molecule has 23 heavy (non-hydrogen) atoms. The molecule has 0 aromatic carbocycles. The van der Waals surface area contributed by atoms with Gasteiger partial charge in [0.1, 0.15) is 0 Å². The SMILES string of the molecule is O=P(O)(O)SCCCNCCNCC12CC3CC(CC(C3)C1)C2. The second kappa shape index (κ2) is 7.76. The standard InChI is InChI=1S/C16H31N2O3PS/c19-22(20,21)23-5-1-2-17-3-4-18-12-16-9-13-6-14(10-16)8-15(7-13)11-16/h13-15,17-18H,1-12H2,(H2,19,20,21). The van der Waals surface area contributed by atoms with Crippen molar-refractivity contribution in [2.45, 2.75) is 44.9 Å². The molecule has 7 heteroatoms. The molecular formula is C16H31N2O3PS. The van der Waals surface area contributed by atoms with Crippen LogP contribution in [-0.2, 0) is 4.57 Å². The van der Waals surface area contributed by atoms with Gasteiger partial charge in [-0.25, -0.2) is 4.57 Å². The van der Waals surface area contributed by atoms with E-state index in [2.05, 4.69) is 10.6 Å². The van der Waals surface area contributed by atoms with Gasteiger partial charge in [-0.1, -0.05) is 0 Å². The molecule has 4 saturated carbocycles. The third-order valence-electron chi connectivity index (χ3n) is 5.90. The fourth-order valence-electron chi connectivity index (χ4n) is 5.54. The van der Waals surface area contributed by atoms with Gasteiger partial charge in [0, 0.05) is 25.4 Å². The molecule has 134 valence electrons. The first-order valence-corrected chi connectivity index (χ1v) is 12.3. The molecule has 0 aromatic rings. The summed E-state index contributed by atoms with van der Waals surface area (Å²) in [6, 6.07) is 0. The summed E-state index contributed by atoms with van der Waals surface area (Å²) in [5, 5.41) is 7.02. The fraction of sp³-hybridized carbons (Fsp3) is 1.00. The maximum atomic E-state index is 10.7. The lowest BCUT2D eigenvalue weighted by Gasteiger charge is -2.57. The van der Waals surface area contributed by atoms with Crippen molar-refractivity contribution in [1.82, 2.24) is 10.6 Å². The van der Waals surface area contributed by atoms with Crippen LogP contribution in [0.5, 0.6) is 0 Å². The quantitative estimate of drug-likeness (QED) is 0.353. The highest BCUT2D eigenvalue weighted by Gasteiger charge is 2.50. The first-order valence-electron chi connectivity index (χ1n) is 9.06. The molecule has 4 aliphatic rings. The van der Waals surface area contributed by atoms with Crippen LogP contribution in [0.1, 0.15) is 44.9 Å². The van der Waals surface area contributed by atoms with Crippen LogP contribution in [-0.4, -0.2) is 41.7 Å². The monoisotopic (exact) mass is 362 g/mol. The van der Waals surface area contributed by atoms with Crippen LogP contribution in [0.15, 0.2) is 0 Å². The van der Waals surface area contributed by atoms with E-state index in [1.807, 2.05) is 0 Å². The molecule has 0 atom stereocenters. The summed E-state index contributed by atoms with van der Waals surface area (Å²) < 4.78 is 10.7. The second-order valence-corrected chi connectivity index (χ2v) is 11.9. The lowest BCUT2D eigenvalue weighted by atomic mass is 9.49. The summed E-state index contributed by atoms with van der Waals surface area (Å²) in [6.07, 6.45) is 9.69. The first-order chi connectivity index (χ1) is 10.9. The predicted molar refractivity (Wildman–Crippen MR) is 95.5 cm³/mol. The summed E-state index contributed by atoms with van der Waals surface area (Å²) in [7, 11) is 0. The molecule has 5 nitrogen and oxygen atoms in total. The van der Waals surface area contributed by atoms with Crippen LogP contribution < -0.4 is 10.6 Å². The molecule has 0 aromatic heterocycles. The molecule has 0 amide bonds. The minimum absolute atomic E-state index is 0.512. The Labute approximate surface area is 143 Å². The van der Waals surface area contributed by atoms with Crippen molar-refractivity contribution in [2.75, 3.05) is 31.9 Å². The largest absolute Gasteiger partial charge is 0.383 e. The summed E-state index contributed by atoms with van der Waals surface area (Å²) >= 11 is 0.745.